The number of carbonyl (C=O) groups is 1. The quantitative estimate of drug-likeness (QED) is 0.534. The van der Waals surface area contributed by atoms with Crippen molar-refractivity contribution >= 4 is 29.4 Å². The molecule has 0 saturated carbocycles. The van der Waals surface area contributed by atoms with Crippen LogP contribution in [-0.4, -0.2) is 33.6 Å². The van der Waals surface area contributed by atoms with Gasteiger partial charge in [0.25, 0.3) is 5.91 Å². The Morgan fingerprint density at radius 1 is 1.62 bits per heavy atom. The van der Waals surface area contributed by atoms with Crippen molar-refractivity contribution in [1.82, 2.24) is 5.48 Å². The summed E-state index contributed by atoms with van der Waals surface area (Å²) in [7, 11) is 0. The largest absolute Gasteiger partial charge is 0.289 e. The molecular weight excluding hydrogens is 214 g/mol. The topological polar surface area (TPSA) is 83.5 Å². The maximum absolute atomic E-state index is 11.2. The Morgan fingerprint density at radius 2 is 2.23 bits per heavy atom. The van der Waals surface area contributed by atoms with E-state index in [9.17, 15) is 4.79 Å². The van der Waals surface area contributed by atoms with Crippen LogP contribution in [0, 0.1) is 9.93 Å². The minimum atomic E-state index is -0.376. The first-order chi connectivity index (χ1) is 6.25. The lowest BCUT2D eigenvalue weighted by atomic mass is 10.1. The van der Waals surface area contributed by atoms with E-state index in [1.807, 2.05) is 6.26 Å². The lowest BCUT2D eigenvalue weighted by molar-refractivity contribution is -0.131. The van der Waals surface area contributed by atoms with Crippen molar-refractivity contribution in [1.29, 1.82) is 0 Å². The monoisotopic (exact) mass is 225 g/mol. The van der Waals surface area contributed by atoms with Gasteiger partial charge in [-0.3, -0.25) is 10.0 Å². The number of hydrogen-bond donors (Lipinski definition) is 2. The predicted molar refractivity (Wildman–Crippen MR) is 54.9 cm³/mol. The lowest BCUT2D eigenvalue weighted by Gasteiger charge is -2.22. The fourth-order valence-corrected chi connectivity index (χ4v) is 3.71. The summed E-state index contributed by atoms with van der Waals surface area (Å²) in [5.74, 6) is 1.56. The minimum Gasteiger partial charge on any atom is -0.289 e. The molecule has 1 fully saturated rings. The third-order valence-corrected chi connectivity index (χ3v) is 4.58. The molecule has 0 aromatic rings. The number of hydrogen-bond acceptors (Lipinski definition) is 6. The summed E-state index contributed by atoms with van der Waals surface area (Å²) in [4.78, 5) is 25.2. The zero-order chi connectivity index (χ0) is 10.3. The van der Waals surface area contributed by atoms with Gasteiger partial charge in [0.15, 0.2) is 0 Å². The Morgan fingerprint density at radius 3 is 2.54 bits per heavy atom. The van der Waals surface area contributed by atoms with Crippen molar-refractivity contribution in [3.05, 3.63) is 9.93 Å². The van der Waals surface area contributed by atoms with Gasteiger partial charge in [0, 0.05) is 15.7 Å². The molecule has 0 bridgehead atoms. The van der Waals surface area contributed by atoms with Gasteiger partial charge in [-0.15, -0.1) is 11.8 Å². The first-order valence-corrected chi connectivity index (χ1v) is 5.87. The van der Waals surface area contributed by atoms with Crippen LogP contribution in [0.4, 0.5) is 0 Å². The predicted octanol–water partition coefficient (Wildman–Crippen LogP) is 0.797. The van der Waals surface area contributed by atoms with Crippen LogP contribution in [0.2, 0.25) is 0 Å². The average molecular weight is 225 g/mol. The molecule has 0 radical (unpaired) electrons. The Hall–Kier alpha value is -0.270. The molecule has 7 heteroatoms. The molecule has 0 aromatic carbocycles. The number of thioether (sulfide) groups is 2. The summed E-state index contributed by atoms with van der Waals surface area (Å²) in [6.45, 7) is 0. The summed E-state index contributed by atoms with van der Waals surface area (Å²) in [6, 6.07) is 0. The summed E-state index contributed by atoms with van der Waals surface area (Å²) < 4.78 is -0.376. The normalized spacial score (nSPS) is 26.0. The van der Waals surface area contributed by atoms with E-state index in [1.165, 1.54) is 11.8 Å². The fourth-order valence-electron chi connectivity index (χ4n) is 1.08. The van der Waals surface area contributed by atoms with Gasteiger partial charge in [-0.1, -0.05) is 0 Å². The van der Waals surface area contributed by atoms with E-state index in [4.69, 9.17) is 15.1 Å². The molecular formula is C6H11NO4S2. The second-order valence-electron chi connectivity index (χ2n) is 2.44. The standard InChI is InChI=1S/C6H11NO2S2.O2/c1-10-6(5(8)7-9)2-3-11-4-6;1-2/h9H,2-4H2,1H3,(H,7,8);. The van der Waals surface area contributed by atoms with E-state index in [1.54, 1.807) is 17.2 Å². The van der Waals surface area contributed by atoms with Crippen molar-refractivity contribution in [2.75, 3.05) is 17.8 Å². The Bertz CT molecular complexity index is 172. The maximum atomic E-state index is 11.2. The van der Waals surface area contributed by atoms with Crippen LogP contribution in [0.3, 0.4) is 0 Å². The SMILES string of the molecule is CSC1(C(=O)NO)CCSC1.O=O. The number of amides is 1. The van der Waals surface area contributed by atoms with Gasteiger partial charge in [-0.25, -0.2) is 5.48 Å². The Labute approximate surface area is 84.2 Å². The van der Waals surface area contributed by atoms with Crippen LogP contribution in [0.25, 0.3) is 0 Å². The third-order valence-electron chi connectivity index (χ3n) is 1.89. The van der Waals surface area contributed by atoms with E-state index in [0.29, 0.717) is 0 Å². The first-order valence-electron chi connectivity index (χ1n) is 3.49. The average Bonchev–Trinajstić information content (AvgIpc) is 2.69. The van der Waals surface area contributed by atoms with Gasteiger partial charge in [-0.2, -0.15) is 11.8 Å². The molecule has 2 N–H and O–H groups in total. The Balaban J connectivity index is 0.000000671. The van der Waals surface area contributed by atoms with Crippen LogP contribution < -0.4 is 5.48 Å². The highest BCUT2D eigenvalue weighted by atomic mass is 32.2. The number of nitrogens with one attached hydrogen (secondary N) is 1. The highest BCUT2D eigenvalue weighted by Gasteiger charge is 2.40. The van der Waals surface area contributed by atoms with Crippen LogP contribution in [0.1, 0.15) is 6.42 Å². The molecule has 13 heavy (non-hydrogen) atoms. The van der Waals surface area contributed by atoms with Crippen molar-refractivity contribution < 1.29 is 10.0 Å². The van der Waals surface area contributed by atoms with Gasteiger partial charge in [-0.05, 0) is 18.4 Å². The van der Waals surface area contributed by atoms with E-state index in [0.717, 1.165) is 17.9 Å². The smallest absolute Gasteiger partial charge is 0.260 e. The highest BCUT2D eigenvalue weighted by Crippen LogP contribution is 2.38. The zero-order valence-electron chi connectivity index (χ0n) is 7.11. The summed E-state index contributed by atoms with van der Waals surface area (Å²) in [6.07, 6.45) is 2.76. The van der Waals surface area contributed by atoms with Gasteiger partial charge in [0.05, 0.1) is 0 Å². The molecule has 1 aliphatic rings. The maximum Gasteiger partial charge on any atom is 0.260 e. The fraction of sp³-hybridized carbons (Fsp3) is 0.833. The van der Waals surface area contributed by atoms with Gasteiger partial charge < -0.3 is 0 Å². The summed E-state index contributed by atoms with van der Waals surface area (Å²) in [5, 5.41) is 8.47. The van der Waals surface area contributed by atoms with Crippen molar-refractivity contribution in [3.63, 3.8) is 0 Å². The Kier molecular flexibility index (Phi) is 6.10. The minimum absolute atomic E-state index is 0.255. The lowest BCUT2D eigenvalue weighted by Crippen LogP contribution is -2.42. The first kappa shape index (κ1) is 12.7. The molecule has 1 unspecified atom stereocenters. The van der Waals surface area contributed by atoms with Crippen LogP contribution in [-0.2, 0) is 4.79 Å². The molecule has 1 rings (SSSR count). The number of rotatable bonds is 2. The molecule has 1 saturated heterocycles. The molecule has 0 aromatic heterocycles. The molecule has 76 valence electrons. The highest BCUT2D eigenvalue weighted by molar-refractivity contribution is 8.04. The molecule has 0 spiro atoms. The second kappa shape index (κ2) is 6.22. The van der Waals surface area contributed by atoms with Crippen molar-refractivity contribution in [2.24, 2.45) is 0 Å². The van der Waals surface area contributed by atoms with Crippen molar-refractivity contribution in [2.45, 2.75) is 11.2 Å². The van der Waals surface area contributed by atoms with E-state index in [2.05, 4.69) is 0 Å². The molecule has 5 nitrogen and oxygen atoms in total. The van der Waals surface area contributed by atoms with E-state index in [-0.39, 0.29) is 10.7 Å². The second-order valence-corrected chi connectivity index (χ2v) is 4.74. The molecule has 1 heterocycles. The van der Waals surface area contributed by atoms with Crippen LogP contribution >= 0.6 is 23.5 Å². The van der Waals surface area contributed by atoms with Gasteiger partial charge >= 0.3 is 0 Å². The molecule has 1 aliphatic heterocycles. The summed E-state index contributed by atoms with van der Waals surface area (Å²) in [5.41, 5.74) is 1.73. The van der Waals surface area contributed by atoms with E-state index >= 15 is 0 Å². The number of carbonyl (C=O) groups excluding carboxylic acids is 1. The molecule has 1 atom stereocenters. The van der Waals surface area contributed by atoms with Gasteiger partial charge in [0.2, 0.25) is 0 Å². The summed E-state index contributed by atoms with van der Waals surface area (Å²) >= 11 is 3.28. The number of hydroxylamine groups is 1. The van der Waals surface area contributed by atoms with E-state index < -0.39 is 0 Å². The molecule has 1 amide bonds. The zero-order valence-corrected chi connectivity index (χ0v) is 8.74. The van der Waals surface area contributed by atoms with Gasteiger partial charge in [0.1, 0.15) is 4.75 Å². The third kappa shape index (κ3) is 2.85. The van der Waals surface area contributed by atoms with Crippen molar-refractivity contribution in [3.8, 4) is 0 Å². The van der Waals surface area contributed by atoms with Crippen LogP contribution in [0.5, 0.6) is 0 Å². The molecule has 0 aliphatic carbocycles. The van der Waals surface area contributed by atoms with Crippen LogP contribution in [0.15, 0.2) is 0 Å².